The van der Waals surface area contributed by atoms with E-state index in [9.17, 15) is 9.59 Å². The second-order valence-electron chi connectivity index (χ2n) is 6.19. The Morgan fingerprint density at radius 2 is 2.23 bits per heavy atom. The molecular formula is C18H20ClN3O3S. The van der Waals surface area contributed by atoms with Crippen LogP contribution in [-0.2, 0) is 16.0 Å². The lowest BCUT2D eigenvalue weighted by Crippen LogP contribution is -2.37. The number of nitrogens with zero attached hydrogens (tertiary/aromatic N) is 2. The van der Waals surface area contributed by atoms with Crippen LogP contribution in [0.3, 0.4) is 0 Å². The monoisotopic (exact) mass is 393 g/mol. The van der Waals surface area contributed by atoms with Crippen LogP contribution < -0.4 is 10.2 Å². The smallest absolute Gasteiger partial charge is 0.238 e. The SMILES string of the molecule is Cc1cc(NC(=O)C(C)SCC(=O)N2CCCc3cc(Cl)ccc32)no1. The molecule has 8 heteroatoms. The van der Waals surface area contributed by atoms with Crippen molar-refractivity contribution in [3.8, 4) is 0 Å². The van der Waals surface area contributed by atoms with Crippen molar-refractivity contribution in [2.45, 2.75) is 31.9 Å². The van der Waals surface area contributed by atoms with Gasteiger partial charge < -0.3 is 14.7 Å². The summed E-state index contributed by atoms with van der Waals surface area (Å²) in [6.07, 6.45) is 1.83. The molecule has 6 nitrogen and oxygen atoms in total. The maximum absolute atomic E-state index is 12.6. The number of carbonyl (C=O) groups excluding carboxylic acids is 2. The number of nitrogens with one attached hydrogen (secondary N) is 1. The number of fused-ring (bicyclic) bond motifs is 1. The molecule has 3 rings (SSSR count). The Kier molecular flexibility index (Phi) is 5.88. The van der Waals surface area contributed by atoms with Crippen LogP contribution >= 0.6 is 23.4 Å². The van der Waals surface area contributed by atoms with Crippen LogP contribution in [0.15, 0.2) is 28.8 Å². The van der Waals surface area contributed by atoms with Crippen LogP contribution in [0.2, 0.25) is 5.02 Å². The molecule has 0 spiro atoms. The Morgan fingerprint density at radius 1 is 1.42 bits per heavy atom. The number of anilines is 2. The fourth-order valence-electron chi connectivity index (χ4n) is 2.83. The summed E-state index contributed by atoms with van der Waals surface area (Å²) in [4.78, 5) is 26.6. The summed E-state index contributed by atoms with van der Waals surface area (Å²) in [5.74, 6) is 1.03. The van der Waals surface area contributed by atoms with Gasteiger partial charge in [-0.25, -0.2) is 0 Å². The zero-order chi connectivity index (χ0) is 18.7. The van der Waals surface area contributed by atoms with E-state index in [4.69, 9.17) is 16.1 Å². The number of aryl methyl sites for hydroxylation is 2. The minimum atomic E-state index is -0.384. The van der Waals surface area contributed by atoms with Gasteiger partial charge in [-0.2, -0.15) is 0 Å². The molecule has 0 radical (unpaired) electrons. The largest absolute Gasteiger partial charge is 0.360 e. The van der Waals surface area contributed by atoms with E-state index in [1.54, 1.807) is 30.9 Å². The minimum Gasteiger partial charge on any atom is -0.360 e. The predicted octanol–water partition coefficient (Wildman–Crippen LogP) is 3.68. The molecule has 138 valence electrons. The van der Waals surface area contributed by atoms with E-state index in [-0.39, 0.29) is 22.8 Å². The Morgan fingerprint density at radius 3 is 2.96 bits per heavy atom. The van der Waals surface area contributed by atoms with Crippen LogP contribution in [-0.4, -0.2) is 34.5 Å². The first-order valence-corrected chi connectivity index (χ1v) is 9.81. The van der Waals surface area contributed by atoms with Gasteiger partial charge in [-0.1, -0.05) is 16.8 Å². The van der Waals surface area contributed by atoms with Crippen molar-refractivity contribution in [1.29, 1.82) is 0 Å². The number of aromatic nitrogens is 1. The summed E-state index contributed by atoms with van der Waals surface area (Å²) in [7, 11) is 0. The first kappa shape index (κ1) is 18.8. The van der Waals surface area contributed by atoms with Gasteiger partial charge >= 0.3 is 0 Å². The van der Waals surface area contributed by atoms with Crippen LogP contribution in [0.25, 0.3) is 0 Å². The van der Waals surface area contributed by atoms with Crippen molar-refractivity contribution in [3.63, 3.8) is 0 Å². The van der Waals surface area contributed by atoms with Crippen LogP contribution in [0.4, 0.5) is 11.5 Å². The zero-order valence-corrected chi connectivity index (χ0v) is 16.2. The highest BCUT2D eigenvalue weighted by atomic mass is 35.5. The second kappa shape index (κ2) is 8.14. The number of benzene rings is 1. The number of thioether (sulfide) groups is 1. The van der Waals surface area contributed by atoms with Gasteiger partial charge in [-0.15, -0.1) is 11.8 Å². The van der Waals surface area contributed by atoms with Crippen molar-refractivity contribution in [3.05, 3.63) is 40.6 Å². The van der Waals surface area contributed by atoms with Gasteiger partial charge in [-0.05, 0) is 50.5 Å². The summed E-state index contributed by atoms with van der Waals surface area (Å²) in [5, 5.41) is 6.72. The topological polar surface area (TPSA) is 75.4 Å². The van der Waals surface area contributed by atoms with Gasteiger partial charge in [0.2, 0.25) is 11.8 Å². The molecule has 0 fully saturated rings. The molecule has 0 aliphatic carbocycles. The molecule has 1 aliphatic rings. The molecule has 1 N–H and O–H groups in total. The van der Waals surface area contributed by atoms with Gasteiger partial charge in [0.25, 0.3) is 0 Å². The van der Waals surface area contributed by atoms with Gasteiger partial charge in [-0.3, -0.25) is 9.59 Å². The van der Waals surface area contributed by atoms with Crippen LogP contribution in [0, 0.1) is 6.92 Å². The second-order valence-corrected chi connectivity index (χ2v) is 7.95. The van der Waals surface area contributed by atoms with Crippen molar-refractivity contribution < 1.29 is 14.1 Å². The third kappa shape index (κ3) is 4.40. The molecule has 1 aliphatic heterocycles. The van der Waals surface area contributed by atoms with E-state index in [0.29, 0.717) is 23.1 Å². The molecule has 1 aromatic carbocycles. The summed E-state index contributed by atoms with van der Waals surface area (Å²) in [5.41, 5.74) is 2.01. The van der Waals surface area contributed by atoms with Crippen molar-refractivity contribution in [2.24, 2.45) is 0 Å². The van der Waals surface area contributed by atoms with Gasteiger partial charge in [0.05, 0.1) is 11.0 Å². The minimum absolute atomic E-state index is 0.00444. The molecule has 0 saturated carbocycles. The van der Waals surface area contributed by atoms with E-state index in [0.717, 1.165) is 24.1 Å². The van der Waals surface area contributed by atoms with Crippen molar-refractivity contribution >= 4 is 46.7 Å². The highest BCUT2D eigenvalue weighted by Crippen LogP contribution is 2.30. The number of hydrogen-bond acceptors (Lipinski definition) is 5. The molecule has 1 unspecified atom stereocenters. The zero-order valence-electron chi connectivity index (χ0n) is 14.6. The average Bonchev–Trinajstić information content (AvgIpc) is 3.03. The highest BCUT2D eigenvalue weighted by molar-refractivity contribution is 8.01. The van der Waals surface area contributed by atoms with Crippen molar-refractivity contribution in [1.82, 2.24) is 5.16 Å². The molecule has 1 atom stereocenters. The molecule has 26 heavy (non-hydrogen) atoms. The Labute approximate surface area is 161 Å². The maximum Gasteiger partial charge on any atom is 0.238 e. The third-order valence-corrected chi connectivity index (χ3v) is 5.53. The fourth-order valence-corrected chi connectivity index (χ4v) is 3.78. The molecule has 0 bridgehead atoms. The van der Waals surface area contributed by atoms with Crippen LogP contribution in [0.5, 0.6) is 0 Å². The van der Waals surface area contributed by atoms with Gasteiger partial charge in [0.1, 0.15) is 5.76 Å². The van der Waals surface area contributed by atoms with Gasteiger partial charge in [0, 0.05) is 23.3 Å². The molecule has 2 aromatic rings. The third-order valence-electron chi connectivity index (χ3n) is 4.17. The quantitative estimate of drug-likeness (QED) is 0.838. The summed E-state index contributed by atoms with van der Waals surface area (Å²) in [6, 6.07) is 7.26. The van der Waals surface area contributed by atoms with E-state index < -0.39 is 0 Å². The first-order valence-electron chi connectivity index (χ1n) is 8.38. The van der Waals surface area contributed by atoms with Crippen molar-refractivity contribution in [2.75, 3.05) is 22.5 Å². The highest BCUT2D eigenvalue weighted by Gasteiger charge is 2.24. The Hall–Kier alpha value is -1.99. The fraction of sp³-hybridized carbons (Fsp3) is 0.389. The molecule has 2 heterocycles. The van der Waals surface area contributed by atoms with Crippen LogP contribution in [0.1, 0.15) is 24.7 Å². The van der Waals surface area contributed by atoms with E-state index in [1.165, 1.54) is 11.8 Å². The summed E-state index contributed by atoms with van der Waals surface area (Å²) >= 11 is 7.35. The summed E-state index contributed by atoms with van der Waals surface area (Å²) < 4.78 is 4.92. The van der Waals surface area contributed by atoms with Gasteiger partial charge in [0.15, 0.2) is 5.82 Å². The molecule has 2 amide bonds. The Balaban J connectivity index is 1.56. The van der Waals surface area contributed by atoms with E-state index in [1.807, 2.05) is 12.1 Å². The number of amides is 2. The molecule has 0 saturated heterocycles. The lowest BCUT2D eigenvalue weighted by Gasteiger charge is -2.29. The molecular weight excluding hydrogens is 374 g/mol. The van der Waals surface area contributed by atoms with E-state index in [2.05, 4.69) is 10.5 Å². The number of carbonyl (C=O) groups is 2. The number of halogens is 1. The molecule has 1 aromatic heterocycles. The Bertz CT molecular complexity index is 824. The number of hydrogen-bond donors (Lipinski definition) is 1. The lowest BCUT2D eigenvalue weighted by molar-refractivity contribution is -0.116. The first-order chi connectivity index (χ1) is 12.4. The number of rotatable bonds is 5. The maximum atomic E-state index is 12.6. The lowest BCUT2D eigenvalue weighted by atomic mass is 10.0. The standard InChI is InChI=1S/C18H20ClN3O3S/c1-11-8-16(21-25-11)20-18(24)12(2)26-10-17(23)22-7-3-4-13-9-14(19)5-6-15(13)22/h5-6,8-9,12H,3-4,7,10H2,1-2H3,(H,20,21,24). The average molecular weight is 394 g/mol. The normalized spacial score (nSPS) is 14.7. The van der Waals surface area contributed by atoms with E-state index >= 15 is 0 Å². The predicted molar refractivity (Wildman–Crippen MR) is 104 cm³/mol. The summed E-state index contributed by atoms with van der Waals surface area (Å²) in [6.45, 7) is 4.21.